The zero-order valence-corrected chi connectivity index (χ0v) is 9.66. The Labute approximate surface area is 101 Å². The van der Waals surface area contributed by atoms with Gasteiger partial charge >= 0.3 is 0 Å². The quantitative estimate of drug-likeness (QED) is 0.810. The first-order valence-corrected chi connectivity index (χ1v) is 5.67. The molecule has 4 heteroatoms. The molecule has 1 atom stereocenters. The Morgan fingerprint density at radius 2 is 2.00 bits per heavy atom. The normalized spacial score (nSPS) is 14.5. The highest BCUT2D eigenvalue weighted by Gasteiger charge is 2.26. The summed E-state index contributed by atoms with van der Waals surface area (Å²) in [5.74, 6) is 0. The lowest BCUT2D eigenvalue weighted by Gasteiger charge is -2.27. The molecule has 0 saturated carbocycles. The van der Waals surface area contributed by atoms with Crippen LogP contribution in [0, 0.1) is 0 Å². The second-order valence-corrected chi connectivity index (χ2v) is 4.20. The van der Waals surface area contributed by atoms with E-state index in [1.54, 1.807) is 6.20 Å². The van der Waals surface area contributed by atoms with E-state index in [1.807, 2.05) is 47.3 Å². The smallest absolute Gasteiger partial charge is 0.0661 e. The summed E-state index contributed by atoms with van der Waals surface area (Å²) in [6.45, 7) is 0.622. The van der Waals surface area contributed by atoms with Gasteiger partial charge in [0.1, 0.15) is 0 Å². The number of nitrogens with zero attached hydrogens (tertiary/aromatic N) is 2. The van der Waals surface area contributed by atoms with Crippen molar-refractivity contribution in [3.05, 3.63) is 54.4 Å². The Balaban J connectivity index is 2.09. The predicted octanol–water partition coefficient (Wildman–Crippen LogP) is 1.12. The molecule has 0 fully saturated rings. The lowest BCUT2D eigenvalue weighted by Crippen LogP contribution is -2.41. The third kappa shape index (κ3) is 2.72. The molecule has 3 N–H and O–H groups in total. The molecule has 1 aromatic carbocycles. The third-order valence-corrected chi connectivity index (χ3v) is 2.98. The highest BCUT2D eigenvalue weighted by atomic mass is 16.3. The van der Waals surface area contributed by atoms with E-state index >= 15 is 0 Å². The number of hydrogen-bond acceptors (Lipinski definition) is 3. The van der Waals surface area contributed by atoms with E-state index in [2.05, 4.69) is 5.10 Å². The van der Waals surface area contributed by atoms with E-state index in [9.17, 15) is 5.11 Å². The van der Waals surface area contributed by atoms with Crippen LogP contribution in [0.15, 0.2) is 48.8 Å². The van der Waals surface area contributed by atoms with Gasteiger partial charge in [0.05, 0.1) is 12.1 Å². The minimum Gasteiger partial charge on any atom is -0.394 e. The van der Waals surface area contributed by atoms with Crippen LogP contribution in [0.2, 0.25) is 0 Å². The first-order valence-electron chi connectivity index (χ1n) is 5.67. The van der Waals surface area contributed by atoms with Crippen molar-refractivity contribution < 1.29 is 5.11 Å². The Bertz CT molecular complexity index is 441. The molecule has 17 heavy (non-hydrogen) atoms. The Hall–Kier alpha value is -1.65. The summed E-state index contributed by atoms with van der Waals surface area (Å²) in [7, 11) is 0. The minimum absolute atomic E-state index is 0.0711. The van der Waals surface area contributed by atoms with Crippen molar-refractivity contribution in [3.63, 3.8) is 0 Å². The van der Waals surface area contributed by atoms with Crippen LogP contribution in [0.5, 0.6) is 0 Å². The van der Waals surface area contributed by atoms with E-state index in [4.69, 9.17) is 5.73 Å². The first-order chi connectivity index (χ1) is 8.24. The average Bonchev–Trinajstić information content (AvgIpc) is 2.90. The third-order valence-electron chi connectivity index (χ3n) is 2.98. The molecule has 0 radical (unpaired) electrons. The molecule has 0 aliphatic carbocycles. The van der Waals surface area contributed by atoms with Crippen molar-refractivity contribution in [1.29, 1.82) is 0 Å². The van der Waals surface area contributed by atoms with Gasteiger partial charge in [-0.2, -0.15) is 5.10 Å². The molecule has 2 aromatic rings. The zero-order valence-electron chi connectivity index (χ0n) is 9.66. The monoisotopic (exact) mass is 231 g/mol. The van der Waals surface area contributed by atoms with E-state index in [0.29, 0.717) is 13.0 Å². The molecule has 90 valence electrons. The van der Waals surface area contributed by atoms with Crippen LogP contribution in [0.25, 0.3) is 0 Å². The molecule has 2 rings (SSSR count). The summed E-state index contributed by atoms with van der Waals surface area (Å²) in [5, 5.41) is 13.6. The van der Waals surface area contributed by atoms with Gasteiger partial charge in [-0.05, 0) is 18.1 Å². The summed E-state index contributed by atoms with van der Waals surface area (Å²) in [6, 6.07) is 11.6. The maximum atomic E-state index is 9.51. The molecule has 1 unspecified atom stereocenters. The summed E-state index contributed by atoms with van der Waals surface area (Å²) in [5.41, 5.74) is 6.50. The fourth-order valence-corrected chi connectivity index (χ4v) is 1.83. The fraction of sp³-hybridized carbons (Fsp3) is 0.308. The molecule has 0 aliphatic rings. The molecule has 0 saturated heterocycles. The van der Waals surface area contributed by atoms with E-state index in [1.165, 1.54) is 0 Å². The van der Waals surface area contributed by atoms with Gasteiger partial charge in [-0.3, -0.25) is 4.68 Å². The maximum Gasteiger partial charge on any atom is 0.0661 e. The van der Waals surface area contributed by atoms with Crippen molar-refractivity contribution in [2.45, 2.75) is 18.5 Å². The van der Waals surface area contributed by atoms with Gasteiger partial charge in [0.2, 0.25) is 0 Å². The largest absolute Gasteiger partial charge is 0.394 e. The molecule has 0 amide bonds. The van der Waals surface area contributed by atoms with Gasteiger partial charge in [-0.1, -0.05) is 30.3 Å². The van der Waals surface area contributed by atoms with Crippen molar-refractivity contribution >= 4 is 0 Å². The number of aliphatic hydroxyl groups excluding tert-OH is 1. The fourth-order valence-electron chi connectivity index (χ4n) is 1.83. The van der Waals surface area contributed by atoms with Crippen LogP contribution in [0.3, 0.4) is 0 Å². The highest BCUT2D eigenvalue weighted by Crippen LogP contribution is 2.22. The van der Waals surface area contributed by atoms with Crippen molar-refractivity contribution in [2.24, 2.45) is 5.73 Å². The van der Waals surface area contributed by atoms with Crippen LogP contribution in [0.4, 0.5) is 0 Å². The Morgan fingerprint density at radius 1 is 1.24 bits per heavy atom. The van der Waals surface area contributed by atoms with Crippen LogP contribution < -0.4 is 5.73 Å². The molecule has 1 aromatic heterocycles. The molecular weight excluding hydrogens is 214 g/mol. The molecule has 0 bridgehead atoms. The maximum absolute atomic E-state index is 9.51. The molecule has 0 aliphatic heterocycles. The highest BCUT2D eigenvalue weighted by molar-refractivity contribution is 5.23. The van der Waals surface area contributed by atoms with Gasteiger partial charge < -0.3 is 10.8 Å². The summed E-state index contributed by atoms with van der Waals surface area (Å²) in [4.78, 5) is 0. The topological polar surface area (TPSA) is 64.1 Å². The SMILES string of the molecule is NC(CO)(CCn1cccn1)c1ccccc1. The summed E-state index contributed by atoms with van der Waals surface area (Å²) in [6.07, 6.45) is 4.28. The number of aryl methyl sites for hydroxylation is 1. The Morgan fingerprint density at radius 3 is 2.59 bits per heavy atom. The molecular formula is C13H17N3O. The first kappa shape index (κ1) is 11.8. The van der Waals surface area contributed by atoms with Crippen LogP contribution in [-0.4, -0.2) is 21.5 Å². The Kier molecular flexibility index (Phi) is 3.56. The second kappa shape index (κ2) is 5.12. The number of rotatable bonds is 5. The summed E-state index contributed by atoms with van der Waals surface area (Å²) < 4.78 is 1.82. The van der Waals surface area contributed by atoms with Gasteiger partial charge in [0.25, 0.3) is 0 Å². The molecule has 1 heterocycles. The summed E-state index contributed by atoms with van der Waals surface area (Å²) >= 11 is 0. The van der Waals surface area contributed by atoms with Crippen molar-refractivity contribution in [3.8, 4) is 0 Å². The number of hydrogen-bond donors (Lipinski definition) is 2. The van der Waals surface area contributed by atoms with E-state index in [-0.39, 0.29) is 6.61 Å². The van der Waals surface area contributed by atoms with Gasteiger partial charge in [0.15, 0.2) is 0 Å². The van der Waals surface area contributed by atoms with Crippen LogP contribution >= 0.6 is 0 Å². The van der Waals surface area contributed by atoms with Gasteiger partial charge in [-0.25, -0.2) is 0 Å². The standard InChI is InChI=1S/C13H17N3O/c14-13(11-17,12-5-2-1-3-6-12)7-10-16-9-4-8-15-16/h1-6,8-9,17H,7,10-11,14H2. The van der Waals surface area contributed by atoms with E-state index < -0.39 is 5.54 Å². The van der Waals surface area contributed by atoms with Crippen molar-refractivity contribution in [1.82, 2.24) is 9.78 Å². The van der Waals surface area contributed by atoms with E-state index in [0.717, 1.165) is 5.56 Å². The molecule has 0 spiro atoms. The van der Waals surface area contributed by atoms with Gasteiger partial charge in [-0.15, -0.1) is 0 Å². The minimum atomic E-state index is -0.701. The average molecular weight is 231 g/mol. The molecule has 4 nitrogen and oxygen atoms in total. The lowest BCUT2D eigenvalue weighted by atomic mass is 9.88. The number of aromatic nitrogens is 2. The number of benzene rings is 1. The number of nitrogens with two attached hydrogens (primary N) is 1. The predicted molar refractivity (Wildman–Crippen MR) is 66.2 cm³/mol. The van der Waals surface area contributed by atoms with Crippen molar-refractivity contribution in [2.75, 3.05) is 6.61 Å². The van der Waals surface area contributed by atoms with Crippen LogP contribution in [-0.2, 0) is 12.1 Å². The van der Waals surface area contributed by atoms with Crippen LogP contribution in [0.1, 0.15) is 12.0 Å². The van der Waals surface area contributed by atoms with Gasteiger partial charge in [0, 0.05) is 18.9 Å². The number of aliphatic hydroxyl groups is 1. The zero-order chi connectivity index (χ0) is 12.1. The second-order valence-electron chi connectivity index (χ2n) is 4.20. The lowest BCUT2D eigenvalue weighted by molar-refractivity contribution is 0.181.